The molecule has 0 spiro atoms. The minimum atomic E-state index is -0.447. The Hall–Kier alpha value is -6.73. The van der Waals surface area contributed by atoms with E-state index < -0.39 is 21.2 Å². The van der Waals surface area contributed by atoms with Gasteiger partial charge in [-0.15, -0.1) is 11.3 Å². The summed E-state index contributed by atoms with van der Waals surface area (Å²) in [6.45, 7) is 4.76. The van der Waals surface area contributed by atoms with Crippen LogP contribution in [0.25, 0.3) is 86.6 Å². The Morgan fingerprint density at radius 1 is 0.561 bits per heavy atom. The van der Waals surface area contributed by atoms with Crippen molar-refractivity contribution in [3.8, 4) is 33.4 Å². The Labute approximate surface area is 400 Å². The van der Waals surface area contributed by atoms with Crippen molar-refractivity contribution in [2.24, 2.45) is 11.8 Å². The summed E-state index contributed by atoms with van der Waals surface area (Å²) in [7, 11) is 0. The van der Waals surface area contributed by atoms with Gasteiger partial charge < -0.3 is 0 Å². The first-order valence-corrected chi connectivity index (χ1v) is 26.1. The van der Waals surface area contributed by atoms with Crippen LogP contribution in [0.15, 0.2) is 212 Å². The van der Waals surface area contributed by atoms with Crippen LogP contribution in [-0.4, -0.2) is 10.6 Å². The molecule has 0 saturated carbocycles. The third kappa shape index (κ3) is 6.40. The van der Waals surface area contributed by atoms with Crippen LogP contribution >= 0.6 is 11.3 Å². The van der Waals surface area contributed by atoms with E-state index in [0.29, 0.717) is 5.92 Å². The molecule has 3 aliphatic rings. The van der Waals surface area contributed by atoms with Crippen LogP contribution in [0.3, 0.4) is 0 Å². The molecule has 4 heteroatoms. The average molecular weight is 978 g/mol. The van der Waals surface area contributed by atoms with Gasteiger partial charge in [-0.3, -0.25) is 0 Å². The summed E-state index contributed by atoms with van der Waals surface area (Å²) in [6.07, 6.45) is 15.4. The van der Waals surface area contributed by atoms with Crippen LogP contribution in [0.4, 0.5) is 11.4 Å². The zero-order valence-corrected chi connectivity index (χ0v) is 39.8. The normalized spacial score (nSPS) is 17.8. The standard InChI is InChI=1S/C62H46IN2S/c1-39-14-6-9-23-54(39)65-56-24-10-7-18-53(56)59-57(65)37-35-51-50-21-12-19-47(60(50)63-61(51)59)44-30-36-55(40(2)38-44)64(45-31-26-42(27-32-45)41-15-4-3-5-16-41)46-33-28-43(29-34-46)48-20-13-22-52-49-17-8-11-25-58(49)66-62(48)52/h3-13,15-40,55H,14H2,1-2H3/q-1. The van der Waals surface area contributed by atoms with Gasteiger partial charge in [-0.25, -0.2) is 0 Å². The third-order valence-electron chi connectivity index (χ3n) is 14.1. The molecule has 0 fully saturated rings. The number of rotatable bonds is 7. The van der Waals surface area contributed by atoms with Crippen LogP contribution in [0.2, 0.25) is 0 Å². The second-order valence-corrected chi connectivity index (χ2v) is 21.8. The number of anilines is 2. The molecule has 3 atom stereocenters. The Balaban J connectivity index is 0.864. The molecule has 0 N–H and O–H groups in total. The van der Waals surface area contributed by atoms with Crippen molar-refractivity contribution in [2.45, 2.75) is 26.3 Å². The molecule has 1 aliphatic heterocycles. The monoisotopic (exact) mass is 977 g/mol. The Kier molecular flexibility index (Phi) is 9.61. The summed E-state index contributed by atoms with van der Waals surface area (Å²) in [4.78, 5) is 2.55. The van der Waals surface area contributed by atoms with Crippen molar-refractivity contribution < 1.29 is 21.2 Å². The maximum absolute atomic E-state index is 2.56. The Morgan fingerprint density at radius 2 is 1.23 bits per heavy atom. The van der Waals surface area contributed by atoms with Crippen LogP contribution in [0.5, 0.6) is 0 Å². The zero-order valence-electron chi connectivity index (χ0n) is 36.8. The van der Waals surface area contributed by atoms with Crippen LogP contribution < -0.4 is 26.1 Å². The fourth-order valence-corrected chi connectivity index (χ4v) is 15.7. The van der Waals surface area contributed by atoms with Gasteiger partial charge in [0.15, 0.2) is 0 Å². The van der Waals surface area contributed by atoms with Gasteiger partial charge in [0.2, 0.25) is 0 Å². The van der Waals surface area contributed by atoms with Crippen molar-refractivity contribution in [1.29, 1.82) is 0 Å². The first-order valence-electron chi connectivity index (χ1n) is 23.1. The fraction of sp³-hybridized carbons (Fsp3) is 0.0968. The van der Waals surface area contributed by atoms with E-state index in [1.54, 1.807) is 7.14 Å². The van der Waals surface area contributed by atoms with Gasteiger partial charge in [-0.2, -0.15) is 0 Å². The second kappa shape index (κ2) is 16.0. The van der Waals surface area contributed by atoms with Crippen molar-refractivity contribution in [3.05, 3.63) is 225 Å². The van der Waals surface area contributed by atoms with Gasteiger partial charge in [0.1, 0.15) is 0 Å². The van der Waals surface area contributed by atoms with Crippen LogP contribution in [-0.2, 0) is 0 Å². The summed E-state index contributed by atoms with van der Waals surface area (Å²) in [5.74, 6) is 0.710. The first-order chi connectivity index (χ1) is 32.6. The predicted molar refractivity (Wildman–Crippen MR) is 278 cm³/mol. The summed E-state index contributed by atoms with van der Waals surface area (Å²) < 4.78 is 8.34. The third-order valence-corrected chi connectivity index (χ3v) is 18.7. The van der Waals surface area contributed by atoms with Crippen LogP contribution in [0.1, 0.15) is 25.8 Å². The van der Waals surface area contributed by atoms with E-state index in [9.17, 15) is 0 Å². The number of hydrogen-bond donors (Lipinski definition) is 0. The first kappa shape index (κ1) is 39.6. The predicted octanol–water partition coefficient (Wildman–Crippen LogP) is 13.8. The Morgan fingerprint density at radius 3 is 2.03 bits per heavy atom. The average Bonchev–Trinajstić information content (AvgIpc) is 4.05. The minimum absolute atomic E-state index is 0.119. The van der Waals surface area contributed by atoms with Gasteiger partial charge in [0.25, 0.3) is 0 Å². The van der Waals surface area contributed by atoms with Gasteiger partial charge in [0.05, 0.1) is 0 Å². The van der Waals surface area contributed by atoms with Crippen molar-refractivity contribution >= 4 is 76.0 Å². The molecule has 10 aromatic rings. The molecule has 2 aliphatic carbocycles. The van der Waals surface area contributed by atoms with E-state index in [1.807, 2.05) is 11.3 Å². The number of halogens is 1. The van der Waals surface area contributed by atoms with E-state index in [1.165, 1.54) is 104 Å². The van der Waals surface area contributed by atoms with Gasteiger partial charge >= 0.3 is 299 Å². The summed E-state index contributed by atoms with van der Waals surface area (Å²) in [5.41, 5.74) is 17.0. The van der Waals surface area contributed by atoms with E-state index in [0.717, 1.165) is 6.42 Å². The molecule has 8 aromatic carbocycles. The van der Waals surface area contributed by atoms with E-state index in [2.05, 4.69) is 236 Å². The van der Waals surface area contributed by atoms with Gasteiger partial charge in [0, 0.05) is 20.2 Å². The maximum atomic E-state index is 2.56. The molecule has 2 nitrogen and oxygen atoms in total. The molecule has 13 rings (SSSR count). The number of hydrogen-bond acceptors (Lipinski definition) is 2. The van der Waals surface area contributed by atoms with Crippen LogP contribution in [0, 0.1) is 19.0 Å². The molecule has 3 unspecified atom stereocenters. The Bertz CT molecular complexity index is 3680. The van der Waals surface area contributed by atoms with E-state index >= 15 is 0 Å². The number of benzene rings is 8. The molecule has 0 radical (unpaired) electrons. The molecule has 3 heterocycles. The molecular weight excluding hydrogens is 932 g/mol. The van der Waals surface area contributed by atoms with Crippen molar-refractivity contribution in [2.75, 3.05) is 4.90 Å². The van der Waals surface area contributed by atoms with Crippen molar-refractivity contribution in [3.63, 3.8) is 0 Å². The van der Waals surface area contributed by atoms with Gasteiger partial charge in [-0.1, -0.05) is 66.7 Å². The fourth-order valence-electron chi connectivity index (χ4n) is 10.8. The molecule has 0 saturated heterocycles. The number of aromatic nitrogens is 1. The number of para-hydroxylation sites is 1. The molecule has 2 aromatic heterocycles. The molecule has 318 valence electrons. The SMILES string of the molecule is CC1CC=CC=C1n1c2ccccc2c2c3c(ccc21)-c1cccc(C2=CC(C)C(N(c4ccc(-c5ccccc5)cc4)c4ccc(-c5cccc6c5sc5ccccc56)cc4)C=C2)c1[I-]3. The molecule has 0 amide bonds. The van der Waals surface area contributed by atoms with Gasteiger partial charge in [-0.05, 0) is 6.07 Å². The second-order valence-electron chi connectivity index (χ2n) is 18.0. The number of thiophene rings is 1. The number of fused-ring (bicyclic) bond motifs is 10. The van der Waals surface area contributed by atoms with Crippen molar-refractivity contribution in [1.82, 2.24) is 4.57 Å². The summed E-state index contributed by atoms with van der Waals surface area (Å²) >= 11 is 1.45. The summed E-state index contributed by atoms with van der Waals surface area (Å²) in [6, 6.07) is 65.8. The van der Waals surface area contributed by atoms with E-state index in [-0.39, 0.29) is 12.0 Å². The quantitative estimate of drug-likeness (QED) is 0.145. The summed E-state index contributed by atoms with van der Waals surface area (Å²) in [5, 5.41) is 5.48. The number of allylic oxidation sites excluding steroid dienone is 6. The topological polar surface area (TPSA) is 8.17 Å². The molecule has 0 bridgehead atoms. The van der Waals surface area contributed by atoms with E-state index in [4.69, 9.17) is 0 Å². The molecule has 66 heavy (non-hydrogen) atoms. The zero-order chi connectivity index (χ0) is 43.9. The molecular formula is C62H46IN2S-. The number of nitrogens with zero attached hydrogens (tertiary/aromatic N) is 2.